The molecule has 0 N–H and O–H groups in total. The summed E-state index contributed by atoms with van der Waals surface area (Å²) >= 11 is 1.44. The molecule has 0 saturated heterocycles. The van der Waals surface area contributed by atoms with Crippen LogP contribution >= 0.6 is 11.8 Å². The third kappa shape index (κ3) is 4.22. The molecule has 1 atom stereocenters. The number of hydrogen-bond donors (Lipinski definition) is 0. The SMILES string of the molecule is CCn1c(S[C@H](C)C(=O)c2cc(C)c(C)cc2C)nnc1-c1ccccc1OC. The van der Waals surface area contributed by atoms with Gasteiger partial charge in [-0.15, -0.1) is 10.2 Å². The Labute approximate surface area is 176 Å². The van der Waals surface area contributed by atoms with Gasteiger partial charge in [-0.3, -0.25) is 4.79 Å². The first-order chi connectivity index (χ1) is 13.9. The Balaban J connectivity index is 1.90. The van der Waals surface area contributed by atoms with Crippen LogP contribution in [0, 0.1) is 20.8 Å². The maximum atomic E-state index is 13.1. The van der Waals surface area contributed by atoms with Gasteiger partial charge < -0.3 is 9.30 Å². The molecule has 152 valence electrons. The largest absolute Gasteiger partial charge is 0.496 e. The third-order valence-corrected chi connectivity index (χ3v) is 6.22. The lowest BCUT2D eigenvalue weighted by Gasteiger charge is -2.15. The number of methoxy groups -OCH3 is 1. The van der Waals surface area contributed by atoms with Crippen molar-refractivity contribution in [2.24, 2.45) is 0 Å². The van der Waals surface area contributed by atoms with Crippen molar-refractivity contribution in [3.8, 4) is 17.1 Å². The van der Waals surface area contributed by atoms with Crippen LogP contribution < -0.4 is 4.74 Å². The van der Waals surface area contributed by atoms with Crippen molar-refractivity contribution in [2.75, 3.05) is 7.11 Å². The molecule has 1 heterocycles. The lowest BCUT2D eigenvalue weighted by atomic mass is 9.97. The Hall–Kier alpha value is -2.60. The fraction of sp³-hybridized carbons (Fsp3) is 0.348. The molecule has 0 spiro atoms. The quantitative estimate of drug-likeness (QED) is 0.393. The predicted molar refractivity (Wildman–Crippen MR) is 118 cm³/mol. The molecule has 0 aliphatic heterocycles. The average molecular weight is 410 g/mol. The molecular formula is C23H27N3O2S. The Bertz CT molecular complexity index is 1040. The zero-order chi connectivity index (χ0) is 21.1. The summed E-state index contributed by atoms with van der Waals surface area (Å²) in [4.78, 5) is 13.1. The van der Waals surface area contributed by atoms with Gasteiger partial charge in [0.15, 0.2) is 16.8 Å². The van der Waals surface area contributed by atoms with Crippen LogP contribution in [0.25, 0.3) is 11.4 Å². The summed E-state index contributed by atoms with van der Waals surface area (Å²) in [7, 11) is 1.65. The molecule has 2 aromatic carbocycles. The molecule has 6 heteroatoms. The highest BCUT2D eigenvalue weighted by Gasteiger charge is 2.23. The minimum absolute atomic E-state index is 0.111. The summed E-state index contributed by atoms with van der Waals surface area (Å²) in [6, 6.07) is 11.8. The van der Waals surface area contributed by atoms with Gasteiger partial charge in [0.25, 0.3) is 0 Å². The van der Waals surface area contributed by atoms with Crippen molar-refractivity contribution in [2.45, 2.75) is 51.6 Å². The van der Waals surface area contributed by atoms with E-state index in [2.05, 4.69) is 23.2 Å². The molecule has 0 saturated carbocycles. The van der Waals surface area contributed by atoms with Crippen LogP contribution in [0.5, 0.6) is 5.75 Å². The summed E-state index contributed by atoms with van der Waals surface area (Å²) in [5.41, 5.74) is 5.01. The number of ether oxygens (including phenoxy) is 1. The van der Waals surface area contributed by atoms with Crippen LogP contribution in [0.2, 0.25) is 0 Å². The monoisotopic (exact) mass is 409 g/mol. The van der Waals surface area contributed by atoms with E-state index in [0.29, 0.717) is 6.54 Å². The van der Waals surface area contributed by atoms with Gasteiger partial charge in [-0.05, 0) is 69.5 Å². The number of para-hydroxylation sites is 1. The molecule has 29 heavy (non-hydrogen) atoms. The zero-order valence-electron chi connectivity index (χ0n) is 17.8. The van der Waals surface area contributed by atoms with E-state index >= 15 is 0 Å². The second kappa shape index (κ2) is 8.82. The average Bonchev–Trinajstić information content (AvgIpc) is 3.12. The summed E-state index contributed by atoms with van der Waals surface area (Å²) in [6.45, 7) is 10.8. The summed E-state index contributed by atoms with van der Waals surface area (Å²) in [5.74, 6) is 1.61. The third-order valence-electron chi connectivity index (χ3n) is 5.14. The fourth-order valence-corrected chi connectivity index (χ4v) is 4.33. The van der Waals surface area contributed by atoms with E-state index in [1.54, 1.807) is 7.11 Å². The summed E-state index contributed by atoms with van der Waals surface area (Å²) in [6.07, 6.45) is 0. The maximum absolute atomic E-state index is 13.1. The van der Waals surface area contributed by atoms with Gasteiger partial charge >= 0.3 is 0 Å². The van der Waals surface area contributed by atoms with E-state index in [4.69, 9.17) is 4.74 Å². The van der Waals surface area contributed by atoms with Gasteiger partial charge in [-0.2, -0.15) is 0 Å². The van der Waals surface area contributed by atoms with Gasteiger partial charge in [-0.1, -0.05) is 30.0 Å². The van der Waals surface area contributed by atoms with E-state index in [0.717, 1.165) is 39.0 Å². The number of rotatable bonds is 7. The molecule has 0 aliphatic rings. The van der Waals surface area contributed by atoms with Crippen molar-refractivity contribution in [3.63, 3.8) is 0 Å². The maximum Gasteiger partial charge on any atom is 0.192 e. The van der Waals surface area contributed by atoms with Crippen molar-refractivity contribution in [1.82, 2.24) is 14.8 Å². The van der Waals surface area contributed by atoms with Gasteiger partial charge in [0.05, 0.1) is 17.9 Å². The number of aromatic nitrogens is 3. The summed E-state index contributed by atoms with van der Waals surface area (Å²) in [5, 5.41) is 9.24. The Morgan fingerprint density at radius 1 is 1.10 bits per heavy atom. The normalized spacial score (nSPS) is 12.1. The van der Waals surface area contributed by atoms with E-state index < -0.39 is 0 Å². The van der Waals surface area contributed by atoms with Gasteiger partial charge in [0, 0.05) is 12.1 Å². The minimum atomic E-state index is -0.268. The second-order valence-electron chi connectivity index (χ2n) is 7.13. The predicted octanol–water partition coefficient (Wildman–Crippen LogP) is 5.26. The van der Waals surface area contributed by atoms with Crippen LogP contribution in [0.4, 0.5) is 0 Å². The number of hydrogen-bond acceptors (Lipinski definition) is 5. The first-order valence-electron chi connectivity index (χ1n) is 9.72. The number of aryl methyl sites for hydroxylation is 3. The molecule has 0 amide bonds. The van der Waals surface area contributed by atoms with Crippen LogP contribution in [-0.2, 0) is 6.54 Å². The van der Waals surface area contributed by atoms with E-state index in [-0.39, 0.29) is 11.0 Å². The van der Waals surface area contributed by atoms with Gasteiger partial charge in [0.1, 0.15) is 5.75 Å². The smallest absolute Gasteiger partial charge is 0.192 e. The highest BCUT2D eigenvalue weighted by atomic mass is 32.2. The first kappa shape index (κ1) is 21.1. The highest BCUT2D eigenvalue weighted by molar-refractivity contribution is 8.00. The number of thioether (sulfide) groups is 1. The Morgan fingerprint density at radius 3 is 2.48 bits per heavy atom. The highest BCUT2D eigenvalue weighted by Crippen LogP contribution is 2.33. The van der Waals surface area contributed by atoms with E-state index in [1.165, 1.54) is 17.3 Å². The van der Waals surface area contributed by atoms with Gasteiger partial charge in [0.2, 0.25) is 0 Å². The molecule has 5 nitrogen and oxygen atoms in total. The number of Topliss-reactive ketones (excluding diaryl/α,β-unsaturated/α-hetero) is 1. The first-order valence-corrected chi connectivity index (χ1v) is 10.6. The number of carbonyl (C=O) groups is 1. The standard InChI is InChI=1S/C23H27N3O2S/c1-7-26-22(18-10-8-9-11-20(18)28-6)24-25-23(26)29-17(5)21(27)19-13-15(3)14(2)12-16(19)4/h8-13,17H,7H2,1-6H3/t17-/m1/s1. The second-order valence-corrected chi connectivity index (χ2v) is 8.43. The number of nitrogens with zero attached hydrogens (tertiary/aromatic N) is 3. The van der Waals surface area contributed by atoms with Crippen molar-refractivity contribution >= 4 is 17.5 Å². The number of ketones is 1. The number of benzene rings is 2. The van der Waals surface area contributed by atoms with Crippen molar-refractivity contribution < 1.29 is 9.53 Å². The van der Waals surface area contributed by atoms with Gasteiger partial charge in [-0.25, -0.2) is 0 Å². The van der Waals surface area contributed by atoms with Crippen LogP contribution in [-0.4, -0.2) is 32.9 Å². The van der Waals surface area contributed by atoms with Crippen LogP contribution in [0.15, 0.2) is 41.6 Å². The van der Waals surface area contributed by atoms with Crippen LogP contribution in [0.1, 0.15) is 40.9 Å². The minimum Gasteiger partial charge on any atom is -0.496 e. The molecular weight excluding hydrogens is 382 g/mol. The zero-order valence-corrected chi connectivity index (χ0v) is 18.6. The molecule has 0 radical (unpaired) electrons. The van der Waals surface area contributed by atoms with E-state index in [9.17, 15) is 4.79 Å². The summed E-state index contributed by atoms with van der Waals surface area (Å²) < 4.78 is 7.50. The van der Waals surface area contributed by atoms with Crippen LogP contribution in [0.3, 0.4) is 0 Å². The van der Waals surface area contributed by atoms with Crippen molar-refractivity contribution in [1.29, 1.82) is 0 Å². The van der Waals surface area contributed by atoms with E-state index in [1.807, 2.05) is 62.6 Å². The number of carbonyl (C=O) groups excluding carboxylic acids is 1. The molecule has 0 bridgehead atoms. The molecule has 0 fully saturated rings. The lowest BCUT2D eigenvalue weighted by molar-refractivity contribution is 0.0993. The lowest BCUT2D eigenvalue weighted by Crippen LogP contribution is -2.16. The van der Waals surface area contributed by atoms with Crippen molar-refractivity contribution in [3.05, 3.63) is 58.7 Å². The topological polar surface area (TPSA) is 57.0 Å². The fourth-order valence-electron chi connectivity index (χ4n) is 3.35. The Kier molecular flexibility index (Phi) is 6.42. The molecule has 3 rings (SSSR count). The Morgan fingerprint density at radius 2 is 1.79 bits per heavy atom. The molecule has 1 aromatic heterocycles. The molecule has 3 aromatic rings. The molecule has 0 unspecified atom stereocenters. The molecule has 0 aliphatic carbocycles.